The van der Waals surface area contributed by atoms with Gasteiger partial charge >= 0.3 is 0 Å². The lowest BCUT2D eigenvalue weighted by Crippen LogP contribution is -2.49. The quantitative estimate of drug-likeness (QED) is 0.516. The molecule has 4 aliphatic rings. The van der Waals surface area contributed by atoms with Crippen molar-refractivity contribution < 1.29 is 0 Å². The zero-order chi connectivity index (χ0) is 20.7. The first-order chi connectivity index (χ1) is 14.6. The van der Waals surface area contributed by atoms with Crippen LogP contribution in [0.25, 0.3) is 5.70 Å². The molecule has 7 nitrogen and oxygen atoms in total. The third-order valence-electron chi connectivity index (χ3n) is 6.01. The first-order valence-corrected chi connectivity index (χ1v) is 11.3. The lowest BCUT2D eigenvalue weighted by Gasteiger charge is -2.34. The maximum absolute atomic E-state index is 6.60. The van der Waals surface area contributed by atoms with E-state index in [9.17, 15) is 0 Å². The molecule has 1 aromatic carbocycles. The van der Waals surface area contributed by atoms with E-state index in [4.69, 9.17) is 28.9 Å². The highest BCUT2D eigenvalue weighted by Crippen LogP contribution is 2.40. The Morgan fingerprint density at radius 2 is 2.13 bits per heavy atom. The van der Waals surface area contributed by atoms with E-state index in [1.165, 1.54) is 24.2 Å². The molecule has 0 spiro atoms. The molecule has 1 saturated carbocycles. The third kappa shape index (κ3) is 3.99. The highest BCUT2D eigenvalue weighted by molar-refractivity contribution is 6.35. The van der Waals surface area contributed by atoms with Crippen molar-refractivity contribution in [1.29, 1.82) is 0 Å². The maximum Gasteiger partial charge on any atom is 0.121 e. The van der Waals surface area contributed by atoms with Gasteiger partial charge in [0.2, 0.25) is 0 Å². The molecule has 9 heteroatoms. The highest BCUT2D eigenvalue weighted by atomic mass is 35.5. The lowest BCUT2D eigenvalue weighted by atomic mass is 10.1. The summed E-state index contributed by atoms with van der Waals surface area (Å²) in [5.74, 6) is 1.63. The van der Waals surface area contributed by atoms with E-state index in [0.717, 1.165) is 49.8 Å². The minimum absolute atomic E-state index is 0.171. The minimum Gasteiger partial charge on any atom is -0.383 e. The van der Waals surface area contributed by atoms with Gasteiger partial charge in [0.05, 0.1) is 42.7 Å². The molecule has 0 amide bonds. The summed E-state index contributed by atoms with van der Waals surface area (Å²) in [5.41, 5.74) is 10.3. The van der Waals surface area contributed by atoms with E-state index >= 15 is 0 Å². The number of aliphatic imine (C=N–C) groups is 1. The molecule has 1 aromatic rings. The van der Waals surface area contributed by atoms with E-state index < -0.39 is 0 Å². The second-order valence-corrected chi connectivity index (χ2v) is 9.02. The van der Waals surface area contributed by atoms with Gasteiger partial charge in [0.15, 0.2) is 0 Å². The lowest BCUT2D eigenvalue weighted by molar-refractivity contribution is 0.262. The first kappa shape index (κ1) is 20.0. The van der Waals surface area contributed by atoms with Crippen LogP contribution in [0.5, 0.6) is 0 Å². The Bertz CT molecular complexity index is 922. The van der Waals surface area contributed by atoms with E-state index in [-0.39, 0.29) is 6.17 Å². The van der Waals surface area contributed by atoms with Crippen LogP contribution in [-0.2, 0) is 0 Å². The van der Waals surface area contributed by atoms with E-state index in [1.807, 2.05) is 18.2 Å². The molecular formula is C21H27Cl2N7. The zero-order valence-corrected chi connectivity index (χ0v) is 18.3. The van der Waals surface area contributed by atoms with Gasteiger partial charge < -0.3 is 26.6 Å². The summed E-state index contributed by atoms with van der Waals surface area (Å²) in [6.07, 6.45) is 5.01. The van der Waals surface area contributed by atoms with Crippen molar-refractivity contribution in [3.8, 4) is 0 Å². The number of nitrogens with two attached hydrogens (primary N) is 1. The van der Waals surface area contributed by atoms with Crippen LogP contribution in [0.3, 0.4) is 0 Å². The summed E-state index contributed by atoms with van der Waals surface area (Å²) in [7, 11) is 0. The van der Waals surface area contributed by atoms with Crippen LogP contribution in [0.2, 0.25) is 10.0 Å². The third-order valence-corrected chi connectivity index (χ3v) is 6.56. The van der Waals surface area contributed by atoms with E-state index in [2.05, 4.69) is 36.9 Å². The van der Waals surface area contributed by atoms with Gasteiger partial charge in [-0.05, 0) is 31.0 Å². The number of hydrogen-bond acceptors (Lipinski definition) is 7. The fourth-order valence-electron chi connectivity index (χ4n) is 4.34. The van der Waals surface area contributed by atoms with Crippen molar-refractivity contribution in [1.82, 2.24) is 25.8 Å². The monoisotopic (exact) mass is 447 g/mol. The largest absolute Gasteiger partial charge is 0.383 e. The Kier molecular flexibility index (Phi) is 5.54. The number of fused-ring (bicyclic) bond motifs is 1. The number of hydrogen-bond donors (Lipinski definition) is 4. The number of allylic oxidation sites excluding steroid dienone is 1. The van der Waals surface area contributed by atoms with Crippen molar-refractivity contribution in [3.05, 3.63) is 51.4 Å². The Morgan fingerprint density at radius 1 is 1.27 bits per heavy atom. The molecule has 5 rings (SSSR count). The minimum atomic E-state index is 0.171. The Morgan fingerprint density at radius 3 is 2.90 bits per heavy atom. The molecular weight excluding hydrogens is 421 g/mol. The van der Waals surface area contributed by atoms with Crippen LogP contribution >= 0.6 is 23.2 Å². The van der Waals surface area contributed by atoms with Crippen molar-refractivity contribution in [2.75, 3.05) is 39.4 Å². The van der Waals surface area contributed by atoms with E-state index in [0.29, 0.717) is 22.6 Å². The molecule has 1 unspecified atom stereocenters. The van der Waals surface area contributed by atoms with Gasteiger partial charge in [-0.2, -0.15) is 0 Å². The number of nitrogens with one attached hydrogen (secondary N) is 3. The Labute approximate surface area is 187 Å². The SMILES string of the molecule is NCNC1=NCCN(CC2=C(c3ccc(Cl)cc3Cl)NC3CNC(C4CC4)=CN23)C1. The smallest absolute Gasteiger partial charge is 0.121 e. The molecule has 160 valence electrons. The zero-order valence-electron chi connectivity index (χ0n) is 16.8. The normalized spacial score (nSPS) is 24.1. The maximum atomic E-state index is 6.60. The molecule has 5 N–H and O–H groups in total. The van der Waals surface area contributed by atoms with Gasteiger partial charge in [-0.1, -0.05) is 23.2 Å². The van der Waals surface area contributed by atoms with E-state index in [1.54, 1.807) is 0 Å². The average molecular weight is 448 g/mol. The molecule has 3 aliphatic heterocycles. The molecule has 0 saturated heterocycles. The van der Waals surface area contributed by atoms with Crippen LogP contribution in [0.4, 0.5) is 0 Å². The second kappa shape index (κ2) is 8.30. The fourth-order valence-corrected chi connectivity index (χ4v) is 4.84. The number of benzene rings is 1. The number of halogens is 2. The van der Waals surface area contributed by atoms with Crippen LogP contribution in [0.1, 0.15) is 18.4 Å². The van der Waals surface area contributed by atoms with Crippen molar-refractivity contribution >= 4 is 34.7 Å². The standard InChI is InChI=1S/C21H27Cl2N7/c22-14-3-4-15(16(23)7-14)21-18(10-29-6-5-25-19(11-29)27-12-24)30-9-17(13-1-2-13)26-8-20(30)28-21/h3-4,7,9,13,20,26,28H,1-2,5-6,8,10-12,24H2,(H,25,27). The Hall–Kier alpha value is -1.93. The summed E-state index contributed by atoms with van der Waals surface area (Å²) >= 11 is 12.8. The average Bonchev–Trinajstić information content (AvgIpc) is 3.52. The molecule has 30 heavy (non-hydrogen) atoms. The Balaban J connectivity index is 1.48. The topological polar surface area (TPSA) is 80.9 Å². The van der Waals surface area contributed by atoms with Crippen molar-refractivity contribution in [3.63, 3.8) is 0 Å². The summed E-state index contributed by atoms with van der Waals surface area (Å²) < 4.78 is 0. The van der Waals surface area contributed by atoms with Crippen molar-refractivity contribution in [2.45, 2.75) is 19.0 Å². The van der Waals surface area contributed by atoms with Gasteiger partial charge in [-0.15, -0.1) is 0 Å². The molecule has 0 bridgehead atoms. The summed E-state index contributed by atoms with van der Waals surface area (Å²) in [6, 6.07) is 5.71. The molecule has 3 heterocycles. The summed E-state index contributed by atoms with van der Waals surface area (Å²) in [5, 5.41) is 11.8. The van der Waals surface area contributed by atoms with Crippen LogP contribution < -0.4 is 21.7 Å². The highest BCUT2D eigenvalue weighted by Gasteiger charge is 2.38. The first-order valence-electron chi connectivity index (χ1n) is 10.5. The summed E-state index contributed by atoms with van der Waals surface area (Å²) in [4.78, 5) is 9.35. The predicted octanol–water partition coefficient (Wildman–Crippen LogP) is 1.97. The van der Waals surface area contributed by atoms with Crippen LogP contribution in [-0.4, -0.2) is 61.2 Å². The number of rotatable bonds is 5. The summed E-state index contributed by atoms with van der Waals surface area (Å²) in [6.45, 7) is 4.51. The van der Waals surface area contributed by atoms with Gasteiger partial charge in [0.1, 0.15) is 12.0 Å². The molecule has 0 radical (unpaired) electrons. The van der Waals surface area contributed by atoms with Crippen LogP contribution in [0.15, 0.2) is 40.8 Å². The van der Waals surface area contributed by atoms with Crippen LogP contribution in [0, 0.1) is 5.92 Å². The molecule has 1 aliphatic carbocycles. The number of amidine groups is 1. The van der Waals surface area contributed by atoms with Gasteiger partial charge in [0, 0.05) is 41.5 Å². The second-order valence-electron chi connectivity index (χ2n) is 8.17. The van der Waals surface area contributed by atoms with Gasteiger partial charge in [0.25, 0.3) is 0 Å². The fraction of sp³-hybridized carbons (Fsp3) is 0.476. The predicted molar refractivity (Wildman–Crippen MR) is 122 cm³/mol. The van der Waals surface area contributed by atoms with Gasteiger partial charge in [-0.3, -0.25) is 9.89 Å². The number of nitrogens with zero attached hydrogens (tertiary/aromatic N) is 3. The molecule has 0 aromatic heterocycles. The van der Waals surface area contributed by atoms with Gasteiger partial charge in [-0.25, -0.2) is 0 Å². The van der Waals surface area contributed by atoms with Crippen molar-refractivity contribution in [2.24, 2.45) is 16.6 Å². The molecule has 1 fully saturated rings. The molecule has 1 atom stereocenters.